The Balaban J connectivity index is 1.73. The lowest BCUT2D eigenvalue weighted by Gasteiger charge is -2.54. The highest BCUT2D eigenvalue weighted by molar-refractivity contribution is 6.00. The van der Waals surface area contributed by atoms with E-state index in [1.807, 2.05) is 12.1 Å². The van der Waals surface area contributed by atoms with Gasteiger partial charge in [0.15, 0.2) is 0 Å². The molecule has 0 radical (unpaired) electrons. The smallest absolute Gasteiger partial charge is 0.235 e. The van der Waals surface area contributed by atoms with Crippen molar-refractivity contribution >= 4 is 11.8 Å². The van der Waals surface area contributed by atoms with E-state index in [0.717, 1.165) is 25.7 Å². The van der Waals surface area contributed by atoms with Gasteiger partial charge in [0.05, 0.1) is 5.41 Å². The van der Waals surface area contributed by atoms with Gasteiger partial charge in [0.25, 0.3) is 0 Å². The maximum atomic E-state index is 12.7. The van der Waals surface area contributed by atoms with Crippen LogP contribution in [0.1, 0.15) is 49.7 Å². The van der Waals surface area contributed by atoms with Crippen molar-refractivity contribution < 1.29 is 14.7 Å². The standard InChI is InChI=1S/C19H23NO3/c1-19-8-7-14-13-6-4-12(21)9-11(13)3-5-15(14)16(19)10-17(22)20(2)18(19)23/h4,6,9,14-16,21H,3,5,7-8,10H2,1-2H3/t14?,15?,16?,19-/m0/s1. The lowest BCUT2D eigenvalue weighted by atomic mass is 9.52. The van der Waals surface area contributed by atoms with Crippen LogP contribution in [0.5, 0.6) is 5.75 Å². The zero-order valence-corrected chi connectivity index (χ0v) is 13.7. The first-order valence-electron chi connectivity index (χ1n) is 8.54. The molecule has 0 bridgehead atoms. The number of nitrogens with zero attached hydrogens (tertiary/aromatic N) is 1. The Kier molecular flexibility index (Phi) is 3.09. The number of piperidine rings is 1. The minimum Gasteiger partial charge on any atom is -0.508 e. The summed E-state index contributed by atoms with van der Waals surface area (Å²) in [6, 6.07) is 5.69. The third kappa shape index (κ3) is 1.97. The van der Waals surface area contributed by atoms with Crippen molar-refractivity contribution in [1.29, 1.82) is 0 Å². The average molecular weight is 313 g/mol. The highest BCUT2D eigenvalue weighted by Crippen LogP contribution is 2.57. The number of likely N-dealkylation sites (tertiary alicyclic amines) is 1. The van der Waals surface area contributed by atoms with E-state index >= 15 is 0 Å². The van der Waals surface area contributed by atoms with E-state index in [0.29, 0.717) is 24.0 Å². The van der Waals surface area contributed by atoms with Gasteiger partial charge in [0, 0.05) is 13.5 Å². The summed E-state index contributed by atoms with van der Waals surface area (Å²) < 4.78 is 0. The summed E-state index contributed by atoms with van der Waals surface area (Å²) in [5.41, 5.74) is 2.17. The molecule has 2 amide bonds. The van der Waals surface area contributed by atoms with Crippen LogP contribution < -0.4 is 0 Å². The number of amides is 2. The lowest BCUT2D eigenvalue weighted by Crippen LogP contribution is -2.58. The molecule has 4 rings (SSSR count). The van der Waals surface area contributed by atoms with Crippen molar-refractivity contribution in [2.75, 3.05) is 7.05 Å². The summed E-state index contributed by atoms with van der Waals surface area (Å²) in [4.78, 5) is 26.3. The molecule has 1 heterocycles. The number of hydrogen-bond acceptors (Lipinski definition) is 3. The quantitative estimate of drug-likeness (QED) is 0.749. The monoisotopic (exact) mass is 313 g/mol. The molecule has 4 heteroatoms. The second kappa shape index (κ2) is 4.83. The van der Waals surface area contributed by atoms with Crippen LogP contribution in [-0.2, 0) is 16.0 Å². The van der Waals surface area contributed by atoms with Crippen LogP contribution in [0.4, 0.5) is 0 Å². The number of fused-ring (bicyclic) bond motifs is 5. The summed E-state index contributed by atoms with van der Waals surface area (Å²) >= 11 is 0. The lowest BCUT2D eigenvalue weighted by molar-refractivity contribution is -0.165. The van der Waals surface area contributed by atoms with E-state index in [4.69, 9.17) is 0 Å². The zero-order valence-electron chi connectivity index (χ0n) is 13.7. The average Bonchev–Trinajstić information content (AvgIpc) is 2.54. The van der Waals surface area contributed by atoms with Gasteiger partial charge in [-0.1, -0.05) is 13.0 Å². The Morgan fingerprint density at radius 2 is 2.04 bits per heavy atom. The van der Waals surface area contributed by atoms with Crippen LogP contribution in [0.25, 0.3) is 0 Å². The third-order valence-electron chi connectivity index (χ3n) is 6.66. The number of aryl methyl sites for hydroxylation is 1. The topological polar surface area (TPSA) is 57.6 Å². The van der Waals surface area contributed by atoms with Gasteiger partial charge in [0.2, 0.25) is 11.8 Å². The number of carbonyl (C=O) groups excluding carboxylic acids is 2. The van der Waals surface area contributed by atoms with Gasteiger partial charge in [-0.15, -0.1) is 0 Å². The number of benzene rings is 1. The molecular formula is C19H23NO3. The van der Waals surface area contributed by atoms with Gasteiger partial charge in [-0.2, -0.15) is 0 Å². The molecule has 122 valence electrons. The fourth-order valence-corrected chi connectivity index (χ4v) is 5.35. The van der Waals surface area contributed by atoms with Crippen LogP contribution in [0.2, 0.25) is 0 Å². The Morgan fingerprint density at radius 1 is 1.26 bits per heavy atom. The maximum Gasteiger partial charge on any atom is 0.235 e. The molecule has 4 nitrogen and oxygen atoms in total. The largest absolute Gasteiger partial charge is 0.508 e. The molecule has 1 aliphatic heterocycles. The third-order valence-corrected chi connectivity index (χ3v) is 6.66. The van der Waals surface area contributed by atoms with Crippen molar-refractivity contribution in [1.82, 2.24) is 4.90 Å². The zero-order chi connectivity index (χ0) is 16.4. The van der Waals surface area contributed by atoms with Crippen LogP contribution in [0, 0.1) is 17.3 Å². The summed E-state index contributed by atoms with van der Waals surface area (Å²) in [6.07, 6.45) is 4.26. The first kappa shape index (κ1) is 14.7. The molecule has 23 heavy (non-hydrogen) atoms. The van der Waals surface area contributed by atoms with Gasteiger partial charge in [-0.05, 0) is 66.7 Å². The Labute approximate surface area is 136 Å². The Morgan fingerprint density at radius 3 is 2.83 bits per heavy atom. The number of imide groups is 1. The molecule has 4 atom stereocenters. The van der Waals surface area contributed by atoms with E-state index in [1.54, 1.807) is 13.1 Å². The van der Waals surface area contributed by atoms with Crippen LogP contribution in [0.15, 0.2) is 18.2 Å². The molecule has 2 aliphatic carbocycles. The first-order valence-corrected chi connectivity index (χ1v) is 8.54. The van der Waals surface area contributed by atoms with Crippen molar-refractivity contribution in [2.24, 2.45) is 17.3 Å². The molecule has 3 aliphatic rings. The first-order chi connectivity index (χ1) is 10.9. The van der Waals surface area contributed by atoms with Gasteiger partial charge in [0.1, 0.15) is 5.75 Å². The van der Waals surface area contributed by atoms with Gasteiger partial charge >= 0.3 is 0 Å². The minimum absolute atomic E-state index is 0.00806. The van der Waals surface area contributed by atoms with E-state index in [1.165, 1.54) is 16.0 Å². The second-order valence-electron chi connectivity index (χ2n) is 7.72. The predicted molar refractivity (Wildman–Crippen MR) is 85.9 cm³/mol. The summed E-state index contributed by atoms with van der Waals surface area (Å²) in [7, 11) is 1.62. The van der Waals surface area contributed by atoms with Crippen molar-refractivity contribution in [3.05, 3.63) is 29.3 Å². The molecule has 1 saturated heterocycles. The number of phenols is 1. The summed E-state index contributed by atoms with van der Waals surface area (Å²) in [5.74, 6) is 1.27. The molecular weight excluding hydrogens is 290 g/mol. The molecule has 0 aromatic heterocycles. The molecule has 1 aromatic rings. The molecule has 1 N–H and O–H groups in total. The van der Waals surface area contributed by atoms with Crippen molar-refractivity contribution in [3.8, 4) is 5.75 Å². The van der Waals surface area contributed by atoms with E-state index in [2.05, 4.69) is 6.92 Å². The molecule has 0 spiro atoms. The van der Waals surface area contributed by atoms with E-state index < -0.39 is 5.41 Å². The highest BCUT2D eigenvalue weighted by Gasteiger charge is 2.56. The fourth-order valence-electron chi connectivity index (χ4n) is 5.35. The summed E-state index contributed by atoms with van der Waals surface area (Å²) in [5, 5.41) is 9.72. The van der Waals surface area contributed by atoms with E-state index in [-0.39, 0.29) is 17.7 Å². The van der Waals surface area contributed by atoms with Crippen LogP contribution in [0.3, 0.4) is 0 Å². The van der Waals surface area contributed by atoms with Gasteiger partial charge < -0.3 is 5.11 Å². The predicted octanol–water partition coefficient (Wildman–Crippen LogP) is 2.84. The number of hydrogen-bond donors (Lipinski definition) is 1. The number of carbonyl (C=O) groups is 2. The fraction of sp³-hybridized carbons (Fsp3) is 0.579. The van der Waals surface area contributed by atoms with Gasteiger partial charge in [-0.25, -0.2) is 0 Å². The summed E-state index contributed by atoms with van der Waals surface area (Å²) in [6.45, 7) is 2.06. The number of rotatable bonds is 0. The normalized spacial score (nSPS) is 36.3. The Hall–Kier alpha value is -1.84. The second-order valence-corrected chi connectivity index (χ2v) is 7.72. The van der Waals surface area contributed by atoms with Crippen LogP contribution in [-0.4, -0.2) is 28.9 Å². The van der Waals surface area contributed by atoms with Gasteiger partial charge in [-0.3, -0.25) is 14.5 Å². The highest BCUT2D eigenvalue weighted by atomic mass is 16.3. The van der Waals surface area contributed by atoms with Crippen molar-refractivity contribution in [3.63, 3.8) is 0 Å². The van der Waals surface area contributed by atoms with Crippen LogP contribution >= 0.6 is 0 Å². The number of aromatic hydroxyl groups is 1. The molecule has 1 aromatic carbocycles. The molecule has 1 saturated carbocycles. The molecule has 3 unspecified atom stereocenters. The van der Waals surface area contributed by atoms with Crippen molar-refractivity contribution in [2.45, 2.75) is 44.9 Å². The molecule has 2 fully saturated rings. The number of phenolic OH excluding ortho intramolecular Hbond substituents is 1. The Bertz CT molecular complexity index is 698. The SMILES string of the molecule is CN1C(=O)CC2C3CCc4cc(O)ccc4C3CC[C@]2(C)C1=O. The maximum absolute atomic E-state index is 12.7. The van der Waals surface area contributed by atoms with E-state index in [9.17, 15) is 14.7 Å². The minimum atomic E-state index is -0.391.